The number of aromatic hydroxyl groups is 1. The molecule has 0 bridgehead atoms. The molecule has 1 unspecified atom stereocenters. The molecule has 88 valence electrons. The second-order valence-corrected chi connectivity index (χ2v) is 4.32. The first kappa shape index (κ1) is 10.3. The summed E-state index contributed by atoms with van der Waals surface area (Å²) in [7, 11) is 0. The molecule has 1 aromatic heterocycles. The average Bonchev–Trinajstić information content (AvgIpc) is 2.74. The highest BCUT2D eigenvalue weighted by molar-refractivity contribution is 5.57. The zero-order valence-corrected chi connectivity index (χ0v) is 9.37. The lowest BCUT2D eigenvalue weighted by Gasteiger charge is -2.17. The van der Waals surface area contributed by atoms with Crippen molar-refractivity contribution < 1.29 is 5.11 Å². The van der Waals surface area contributed by atoms with Crippen LogP contribution in [0.3, 0.4) is 0 Å². The molecule has 0 saturated carbocycles. The summed E-state index contributed by atoms with van der Waals surface area (Å²) in [6.07, 6.45) is 2.00. The maximum Gasteiger partial charge on any atom is 0.181 e. The number of aryl methyl sites for hydroxylation is 1. The number of hydrogen-bond donors (Lipinski definition) is 2. The van der Waals surface area contributed by atoms with E-state index in [-0.39, 0.29) is 11.8 Å². The van der Waals surface area contributed by atoms with Crippen molar-refractivity contribution in [2.45, 2.75) is 25.4 Å². The largest absolute Gasteiger partial charge is 0.508 e. The Kier molecular flexibility index (Phi) is 2.33. The number of phenols is 1. The first-order valence-electron chi connectivity index (χ1n) is 5.74. The van der Waals surface area contributed by atoms with E-state index in [1.165, 1.54) is 0 Å². The van der Waals surface area contributed by atoms with Crippen LogP contribution in [0, 0.1) is 0 Å². The van der Waals surface area contributed by atoms with Gasteiger partial charge in [0.25, 0.3) is 0 Å². The molecule has 0 radical (unpaired) electrons. The Balaban J connectivity index is 2.05. The third kappa shape index (κ3) is 1.78. The van der Waals surface area contributed by atoms with Gasteiger partial charge in [-0.05, 0) is 25.0 Å². The third-order valence-electron chi connectivity index (χ3n) is 3.02. The van der Waals surface area contributed by atoms with E-state index in [9.17, 15) is 5.11 Å². The van der Waals surface area contributed by atoms with Gasteiger partial charge in [-0.15, -0.1) is 0 Å². The number of benzene rings is 1. The first-order valence-corrected chi connectivity index (χ1v) is 5.74. The smallest absolute Gasteiger partial charge is 0.181 e. The highest BCUT2D eigenvalue weighted by Crippen LogP contribution is 2.25. The highest BCUT2D eigenvalue weighted by Gasteiger charge is 2.21. The second-order valence-electron chi connectivity index (χ2n) is 4.32. The molecule has 0 spiro atoms. The maximum absolute atomic E-state index is 9.44. The van der Waals surface area contributed by atoms with Crippen LogP contribution in [-0.4, -0.2) is 19.9 Å². The monoisotopic (exact) mass is 230 g/mol. The van der Waals surface area contributed by atoms with E-state index in [0.29, 0.717) is 5.82 Å². The number of fused-ring (bicyclic) bond motifs is 1. The fraction of sp³-hybridized carbons (Fsp3) is 0.333. The van der Waals surface area contributed by atoms with Crippen LogP contribution in [-0.2, 0) is 6.54 Å². The molecule has 3 N–H and O–H groups in total. The van der Waals surface area contributed by atoms with Gasteiger partial charge in [0, 0.05) is 12.1 Å². The SMILES string of the molecule is NC1CCCn2nc(-c3cccc(O)c3)nc21. The van der Waals surface area contributed by atoms with Gasteiger partial charge in [0.05, 0.1) is 6.04 Å². The number of hydrogen-bond acceptors (Lipinski definition) is 4. The number of nitrogens with two attached hydrogens (primary N) is 1. The molecule has 0 fully saturated rings. The minimum atomic E-state index is -0.0256. The van der Waals surface area contributed by atoms with Gasteiger partial charge in [0.1, 0.15) is 11.6 Å². The summed E-state index contributed by atoms with van der Waals surface area (Å²) in [4.78, 5) is 4.46. The Bertz CT molecular complexity index is 549. The third-order valence-corrected chi connectivity index (χ3v) is 3.02. The Hall–Kier alpha value is -1.88. The van der Waals surface area contributed by atoms with Gasteiger partial charge in [-0.2, -0.15) is 5.10 Å². The normalized spacial score (nSPS) is 19.0. The topological polar surface area (TPSA) is 77.0 Å². The Morgan fingerprint density at radius 2 is 2.29 bits per heavy atom. The molecule has 0 saturated heterocycles. The molecule has 1 aliphatic rings. The van der Waals surface area contributed by atoms with Crippen LogP contribution in [0.4, 0.5) is 0 Å². The van der Waals surface area contributed by atoms with Gasteiger partial charge in [-0.25, -0.2) is 9.67 Å². The molecule has 1 atom stereocenters. The molecule has 5 heteroatoms. The highest BCUT2D eigenvalue weighted by atomic mass is 16.3. The predicted molar refractivity (Wildman–Crippen MR) is 63.3 cm³/mol. The maximum atomic E-state index is 9.44. The van der Waals surface area contributed by atoms with Crippen molar-refractivity contribution in [1.29, 1.82) is 0 Å². The van der Waals surface area contributed by atoms with Gasteiger partial charge in [-0.1, -0.05) is 12.1 Å². The summed E-state index contributed by atoms with van der Waals surface area (Å²) in [5.41, 5.74) is 6.81. The van der Waals surface area contributed by atoms with Crippen molar-refractivity contribution in [2.24, 2.45) is 5.73 Å². The first-order chi connectivity index (χ1) is 8.24. The van der Waals surface area contributed by atoms with Crippen LogP contribution in [0.25, 0.3) is 11.4 Å². The Labute approximate surface area is 98.9 Å². The van der Waals surface area contributed by atoms with E-state index in [2.05, 4.69) is 10.1 Å². The Morgan fingerprint density at radius 1 is 1.41 bits per heavy atom. The number of aromatic nitrogens is 3. The van der Waals surface area contributed by atoms with E-state index < -0.39 is 0 Å². The van der Waals surface area contributed by atoms with Gasteiger partial charge in [0.2, 0.25) is 0 Å². The van der Waals surface area contributed by atoms with Gasteiger partial charge in [0.15, 0.2) is 5.82 Å². The molecule has 2 aromatic rings. The standard InChI is InChI=1S/C12H14N4O/c13-10-5-2-6-16-12(10)14-11(15-16)8-3-1-4-9(17)7-8/h1,3-4,7,10,17H,2,5-6,13H2. The zero-order valence-electron chi connectivity index (χ0n) is 9.37. The predicted octanol–water partition coefficient (Wildman–Crippen LogP) is 1.44. The van der Waals surface area contributed by atoms with E-state index in [0.717, 1.165) is 30.8 Å². The fourth-order valence-corrected chi connectivity index (χ4v) is 2.15. The van der Waals surface area contributed by atoms with Crippen LogP contribution >= 0.6 is 0 Å². The van der Waals surface area contributed by atoms with Gasteiger partial charge >= 0.3 is 0 Å². The van der Waals surface area contributed by atoms with Crippen LogP contribution < -0.4 is 5.73 Å². The van der Waals surface area contributed by atoms with Crippen molar-refractivity contribution in [2.75, 3.05) is 0 Å². The lowest BCUT2D eigenvalue weighted by molar-refractivity contribution is 0.422. The van der Waals surface area contributed by atoms with Crippen molar-refractivity contribution in [1.82, 2.24) is 14.8 Å². The summed E-state index contributed by atoms with van der Waals surface area (Å²) in [5, 5.41) is 13.9. The van der Waals surface area contributed by atoms with Gasteiger partial charge < -0.3 is 10.8 Å². The van der Waals surface area contributed by atoms with Gasteiger partial charge in [-0.3, -0.25) is 0 Å². The molecule has 17 heavy (non-hydrogen) atoms. The van der Waals surface area contributed by atoms with Crippen LogP contribution in [0.2, 0.25) is 0 Å². The van der Waals surface area contributed by atoms with Crippen molar-refractivity contribution in [3.8, 4) is 17.1 Å². The van der Waals surface area contributed by atoms with Crippen LogP contribution in [0.15, 0.2) is 24.3 Å². The number of rotatable bonds is 1. The summed E-state index contributed by atoms with van der Waals surface area (Å²) >= 11 is 0. The molecule has 1 aliphatic heterocycles. The molecule has 1 aromatic carbocycles. The number of nitrogens with zero attached hydrogens (tertiary/aromatic N) is 3. The molecular formula is C12H14N4O. The lowest BCUT2D eigenvalue weighted by atomic mass is 10.1. The summed E-state index contributed by atoms with van der Waals surface area (Å²) in [6, 6.07) is 6.93. The Morgan fingerprint density at radius 3 is 3.06 bits per heavy atom. The summed E-state index contributed by atoms with van der Waals surface area (Å²) < 4.78 is 1.87. The van der Waals surface area contributed by atoms with E-state index in [4.69, 9.17) is 5.73 Å². The van der Waals surface area contributed by atoms with Crippen molar-refractivity contribution >= 4 is 0 Å². The van der Waals surface area contributed by atoms with Crippen molar-refractivity contribution in [3.63, 3.8) is 0 Å². The van der Waals surface area contributed by atoms with Crippen molar-refractivity contribution in [3.05, 3.63) is 30.1 Å². The minimum absolute atomic E-state index is 0.0256. The van der Waals surface area contributed by atoms with E-state index in [1.807, 2.05) is 10.7 Å². The quantitative estimate of drug-likeness (QED) is 0.777. The molecular weight excluding hydrogens is 216 g/mol. The fourth-order valence-electron chi connectivity index (χ4n) is 2.15. The zero-order chi connectivity index (χ0) is 11.8. The molecule has 0 amide bonds. The molecule has 2 heterocycles. The molecule has 3 rings (SSSR count). The van der Waals surface area contributed by atoms with E-state index in [1.54, 1.807) is 18.2 Å². The van der Waals surface area contributed by atoms with Crippen LogP contribution in [0.1, 0.15) is 24.7 Å². The second kappa shape index (κ2) is 3.85. The molecule has 0 aliphatic carbocycles. The summed E-state index contributed by atoms with van der Waals surface area (Å²) in [5.74, 6) is 1.70. The van der Waals surface area contributed by atoms with Crippen LogP contribution in [0.5, 0.6) is 5.75 Å². The average molecular weight is 230 g/mol. The lowest BCUT2D eigenvalue weighted by Crippen LogP contribution is -2.22. The molecule has 5 nitrogen and oxygen atoms in total. The summed E-state index contributed by atoms with van der Waals surface area (Å²) in [6.45, 7) is 0.870. The minimum Gasteiger partial charge on any atom is -0.508 e. The van der Waals surface area contributed by atoms with E-state index >= 15 is 0 Å². The number of phenolic OH excluding ortho intramolecular Hbond substituents is 1.